The van der Waals surface area contributed by atoms with Crippen LogP contribution in [0.1, 0.15) is 72.1 Å². The minimum absolute atomic E-state index is 0.512. The highest BCUT2D eigenvalue weighted by Crippen LogP contribution is 2.38. The van der Waals surface area contributed by atoms with Gasteiger partial charge in [0.15, 0.2) is 0 Å². The Morgan fingerprint density at radius 1 is 1.11 bits per heavy atom. The van der Waals surface area contributed by atoms with Crippen molar-refractivity contribution in [2.24, 2.45) is 5.41 Å². The van der Waals surface area contributed by atoms with Crippen molar-refractivity contribution in [3.8, 4) is 0 Å². The molecule has 108 valence electrons. The fraction of sp³-hybridized carbons (Fsp3) is 1.00. The monoisotopic (exact) mass is 271 g/mol. The van der Waals surface area contributed by atoms with E-state index in [1.165, 1.54) is 64.5 Å². The molecule has 1 saturated carbocycles. The van der Waals surface area contributed by atoms with Crippen LogP contribution in [0.25, 0.3) is 0 Å². The van der Waals surface area contributed by atoms with Crippen molar-refractivity contribution in [1.29, 1.82) is 0 Å². The molecular weight excluding hydrogens is 238 g/mol. The van der Waals surface area contributed by atoms with Crippen LogP contribution in [0.2, 0.25) is 0 Å². The molecule has 0 aromatic heterocycles. The summed E-state index contributed by atoms with van der Waals surface area (Å²) >= 11 is 4.68. The molecule has 0 aromatic carbocycles. The summed E-state index contributed by atoms with van der Waals surface area (Å²) in [6.45, 7) is 9.54. The van der Waals surface area contributed by atoms with Crippen LogP contribution in [-0.2, 0) is 0 Å². The third-order valence-electron chi connectivity index (χ3n) is 4.57. The van der Waals surface area contributed by atoms with E-state index in [1.54, 1.807) is 0 Å². The lowest BCUT2D eigenvalue weighted by Crippen LogP contribution is -2.44. The maximum atomic E-state index is 4.68. The van der Waals surface area contributed by atoms with E-state index in [2.05, 4.69) is 38.3 Å². The van der Waals surface area contributed by atoms with Crippen molar-refractivity contribution in [1.82, 2.24) is 4.90 Å². The second-order valence-corrected chi connectivity index (χ2v) is 6.81. The van der Waals surface area contributed by atoms with Crippen LogP contribution in [0.3, 0.4) is 0 Å². The molecule has 0 radical (unpaired) electrons. The zero-order valence-corrected chi connectivity index (χ0v) is 13.6. The Morgan fingerprint density at radius 3 is 2.28 bits per heavy atom. The molecule has 1 fully saturated rings. The minimum Gasteiger partial charge on any atom is -0.300 e. The molecule has 2 heteroatoms. The molecule has 1 rings (SSSR count). The summed E-state index contributed by atoms with van der Waals surface area (Å²) in [5.74, 6) is 1.07. The second kappa shape index (κ2) is 8.47. The molecule has 0 N–H and O–H groups in total. The average Bonchev–Trinajstić information content (AvgIpc) is 2.39. The van der Waals surface area contributed by atoms with Gasteiger partial charge in [0, 0.05) is 12.6 Å². The van der Waals surface area contributed by atoms with Crippen LogP contribution in [0.15, 0.2) is 0 Å². The molecule has 0 aromatic rings. The van der Waals surface area contributed by atoms with Gasteiger partial charge in [0.2, 0.25) is 0 Å². The normalized spacial score (nSPS) is 19.7. The van der Waals surface area contributed by atoms with E-state index in [-0.39, 0.29) is 0 Å². The van der Waals surface area contributed by atoms with E-state index >= 15 is 0 Å². The Hall–Kier alpha value is 0.310. The van der Waals surface area contributed by atoms with Crippen LogP contribution < -0.4 is 0 Å². The third-order valence-corrected chi connectivity index (χ3v) is 5.24. The number of hydrogen-bond donors (Lipinski definition) is 1. The topological polar surface area (TPSA) is 3.24 Å². The molecule has 0 saturated heterocycles. The zero-order valence-electron chi connectivity index (χ0n) is 12.7. The molecule has 1 aliphatic carbocycles. The Morgan fingerprint density at radius 2 is 1.78 bits per heavy atom. The molecular formula is C16H33NS. The third kappa shape index (κ3) is 5.13. The van der Waals surface area contributed by atoms with Crippen molar-refractivity contribution in [2.75, 3.05) is 18.8 Å². The van der Waals surface area contributed by atoms with E-state index in [1.807, 2.05) is 0 Å². The molecule has 0 atom stereocenters. The standard InChI is InChI=1S/C16H33NS/c1-4-5-9-12-17(15(2)3)13-16(14-18)10-7-6-8-11-16/h15,18H,4-14H2,1-3H3. The van der Waals surface area contributed by atoms with Gasteiger partial charge in [-0.15, -0.1) is 0 Å². The van der Waals surface area contributed by atoms with E-state index in [9.17, 15) is 0 Å². The first-order valence-corrected chi connectivity index (χ1v) is 8.62. The van der Waals surface area contributed by atoms with E-state index in [0.717, 1.165) is 5.75 Å². The van der Waals surface area contributed by atoms with Gasteiger partial charge in [-0.3, -0.25) is 0 Å². The maximum Gasteiger partial charge on any atom is 0.00485 e. The Balaban J connectivity index is 2.51. The first kappa shape index (κ1) is 16.4. The Bertz CT molecular complexity index is 209. The fourth-order valence-corrected chi connectivity index (χ4v) is 3.60. The molecule has 18 heavy (non-hydrogen) atoms. The van der Waals surface area contributed by atoms with Crippen LogP contribution in [0.5, 0.6) is 0 Å². The number of thiol groups is 1. The van der Waals surface area contributed by atoms with Gasteiger partial charge in [-0.1, -0.05) is 39.0 Å². The van der Waals surface area contributed by atoms with Gasteiger partial charge < -0.3 is 4.90 Å². The van der Waals surface area contributed by atoms with Crippen LogP contribution in [0.4, 0.5) is 0 Å². The van der Waals surface area contributed by atoms with Gasteiger partial charge in [-0.25, -0.2) is 0 Å². The highest BCUT2D eigenvalue weighted by atomic mass is 32.1. The molecule has 1 aliphatic rings. The van der Waals surface area contributed by atoms with Crippen molar-refractivity contribution >= 4 is 12.6 Å². The zero-order chi connectivity index (χ0) is 13.4. The Labute approximate surface area is 120 Å². The van der Waals surface area contributed by atoms with E-state index in [4.69, 9.17) is 0 Å². The summed E-state index contributed by atoms with van der Waals surface area (Å²) in [5, 5.41) is 0. The number of nitrogens with zero attached hydrogens (tertiary/aromatic N) is 1. The van der Waals surface area contributed by atoms with Gasteiger partial charge in [0.1, 0.15) is 0 Å². The summed E-state index contributed by atoms with van der Waals surface area (Å²) in [4.78, 5) is 2.71. The van der Waals surface area contributed by atoms with Crippen LogP contribution in [0, 0.1) is 5.41 Å². The summed E-state index contributed by atoms with van der Waals surface area (Å²) in [6.07, 6.45) is 11.1. The second-order valence-electron chi connectivity index (χ2n) is 6.49. The highest BCUT2D eigenvalue weighted by molar-refractivity contribution is 7.80. The lowest BCUT2D eigenvalue weighted by molar-refractivity contribution is 0.102. The van der Waals surface area contributed by atoms with Gasteiger partial charge >= 0.3 is 0 Å². The maximum absolute atomic E-state index is 4.68. The smallest absolute Gasteiger partial charge is 0.00485 e. The Kier molecular flexibility index (Phi) is 7.70. The molecule has 0 unspecified atom stereocenters. The molecule has 0 spiro atoms. The van der Waals surface area contributed by atoms with Crippen molar-refractivity contribution in [2.45, 2.75) is 78.2 Å². The quantitative estimate of drug-likeness (QED) is 0.492. The molecule has 0 aliphatic heterocycles. The first-order chi connectivity index (χ1) is 8.63. The van der Waals surface area contributed by atoms with Crippen molar-refractivity contribution in [3.05, 3.63) is 0 Å². The lowest BCUT2D eigenvalue weighted by Gasteiger charge is -2.42. The van der Waals surface area contributed by atoms with Crippen molar-refractivity contribution in [3.63, 3.8) is 0 Å². The van der Waals surface area contributed by atoms with E-state index in [0.29, 0.717) is 11.5 Å². The van der Waals surface area contributed by atoms with Gasteiger partial charge in [-0.2, -0.15) is 12.6 Å². The van der Waals surface area contributed by atoms with E-state index < -0.39 is 0 Å². The van der Waals surface area contributed by atoms with Crippen LogP contribution in [-0.4, -0.2) is 29.8 Å². The SMILES string of the molecule is CCCCCN(CC1(CS)CCCCC1)C(C)C. The van der Waals surface area contributed by atoms with Crippen molar-refractivity contribution < 1.29 is 0 Å². The summed E-state index contributed by atoms with van der Waals surface area (Å²) in [7, 11) is 0. The molecule has 0 heterocycles. The fourth-order valence-electron chi connectivity index (χ4n) is 3.18. The molecule has 0 bridgehead atoms. The molecule has 1 nitrogen and oxygen atoms in total. The summed E-state index contributed by atoms with van der Waals surface area (Å²) in [5.41, 5.74) is 0.512. The predicted octanol–water partition coefficient (Wildman–Crippen LogP) is 4.77. The molecule has 0 amide bonds. The number of unbranched alkanes of at least 4 members (excludes halogenated alkanes) is 2. The summed E-state index contributed by atoms with van der Waals surface area (Å²) < 4.78 is 0. The predicted molar refractivity (Wildman–Crippen MR) is 85.6 cm³/mol. The summed E-state index contributed by atoms with van der Waals surface area (Å²) in [6, 6.07) is 0.681. The van der Waals surface area contributed by atoms with Crippen LogP contribution >= 0.6 is 12.6 Å². The number of hydrogen-bond acceptors (Lipinski definition) is 2. The average molecular weight is 272 g/mol. The highest BCUT2D eigenvalue weighted by Gasteiger charge is 2.33. The first-order valence-electron chi connectivity index (χ1n) is 7.98. The van der Waals surface area contributed by atoms with Gasteiger partial charge in [-0.05, 0) is 50.8 Å². The van der Waals surface area contributed by atoms with Gasteiger partial charge in [0.05, 0.1) is 0 Å². The lowest BCUT2D eigenvalue weighted by atomic mass is 9.75. The van der Waals surface area contributed by atoms with Gasteiger partial charge in [0.25, 0.3) is 0 Å². The minimum atomic E-state index is 0.512. The largest absolute Gasteiger partial charge is 0.300 e. The number of rotatable bonds is 8.